The lowest BCUT2D eigenvalue weighted by Gasteiger charge is -2.20. The Morgan fingerprint density at radius 2 is 1.82 bits per heavy atom. The van der Waals surface area contributed by atoms with Crippen LogP contribution in [0.15, 0.2) is 30.3 Å². The molecule has 92 valence electrons. The molecule has 0 unspecified atom stereocenters. The van der Waals surface area contributed by atoms with Crippen molar-refractivity contribution in [2.24, 2.45) is 0 Å². The van der Waals surface area contributed by atoms with Gasteiger partial charge in [0.1, 0.15) is 0 Å². The Morgan fingerprint density at radius 1 is 1.24 bits per heavy atom. The highest BCUT2D eigenvalue weighted by Crippen LogP contribution is 2.14. The van der Waals surface area contributed by atoms with Crippen molar-refractivity contribution in [1.29, 1.82) is 0 Å². The number of urea groups is 1. The number of hydrogen-bond donors (Lipinski definition) is 1. The predicted molar refractivity (Wildman–Crippen MR) is 77.1 cm³/mol. The van der Waals surface area contributed by atoms with E-state index in [9.17, 15) is 4.79 Å². The number of para-hydroxylation sites is 1. The van der Waals surface area contributed by atoms with Gasteiger partial charge < -0.3 is 10.2 Å². The van der Waals surface area contributed by atoms with Crippen LogP contribution >= 0.6 is 24.2 Å². The van der Waals surface area contributed by atoms with Crippen molar-refractivity contribution in [2.75, 3.05) is 26.5 Å². The second kappa shape index (κ2) is 6.46. The molecular weight excluding hydrogens is 254 g/mol. The molecule has 0 aliphatic heterocycles. The summed E-state index contributed by atoms with van der Waals surface area (Å²) in [5.74, 6) is 0. The number of carbonyl (C=O) groups excluding carboxylic acids is 1. The van der Waals surface area contributed by atoms with Crippen LogP contribution in [0.1, 0.15) is 0 Å². The zero-order chi connectivity index (χ0) is 12.8. The highest BCUT2D eigenvalue weighted by molar-refractivity contribution is 8.21. The lowest BCUT2D eigenvalue weighted by molar-refractivity contribution is 0.243. The van der Waals surface area contributed by atoms with E-state index in [1.165, 1.54) is 16.3 Å². The van der Waals surface area contributed by atoms with Gasteiger partial charge in [-0.3, -0.25) is 4.31 Å². The van der Waals surface area contributed by atoms with Crippen LogP contribution in [0, 0.1) is 0 Å². The van der Waals surface area contributed by atoms with Crippen LogP contribution in [0.4, 0.5) is 10.5 Å². The third-order valence-electron chi connectivity index (χ3n) is 1.89. The first kappa shape index (κ1) is 13.8. The number of nitrogens with one attached hydrogen (secondary N) is 1. The molecule has 1 rings (SSSR count). The second-order valence-corrected chi connectivity index (χ2v) is 5.31. The van der Waals surface area contributed by atoms with Gasteiger partial charge in [0.15, 0.2) is 4.32 Å². The predicted octanol–water partition coefficient (Wildman–Crippen LogP) is 2.65. The molecule has 2 amide bonds. The number of thiocarbonyl (C=S) groups is 1. The van der Waals surface area contributed by atoms with Gasteiger partial charge in [-0.2, -0.15) is 0 Å². The number of rotatable bonds is 1. The van der Waals surface area contributed by atoms with Gasteiger partial charge in [-0.1, -0.05) is 30.4 Å². The van der Waals surface area contributed by atoms with Crippen molar-refractivity contribution in [1.82, 2.24) is 9.21 Å². The molecule has 1 aromatic carbocycles. The van der Waals surface area contributed by atoms with Crippen molar-refractivity contribution >= 4 is 40.2 Å². The maximum Gasteiger partial charge on any atom is 0.331 e. The highest BCUT2D eigenvalue weighted by Gasteiger charge is 2.12. The fourth-order valence-corrected chi connectivity index (χ4v) is 1.83. The minimum Gasteiger partial charge on any atom is -0.362 e. The largest absolute Gasteiger partial charge is 0.362 e. The lowest BCUT2D eigenvalue weighted by atomic mass is 10.3. The molecule has 0 saturated heterocycles. The summed E-state index contributed by atoms with van der Waals surface area (Å²) in [5, 5.41) is 2.77. The van der Waals surface area contributed by atoms with Gasteiger partial charge in [0.25, 0.3) is 0 Å². The molecular formula is C11H15N3OS2. The summed E-state index contributed by atoms with van der Waals surface area (Å²) in [6.45, 7) is 0. The van der Waals surface area contributed by atoms with E-state index in [1.54, 1.807) is 11.9 Å². The van der Waals surface area contributed by atoms with E-state index >= 15 is 0 Å². The van der Waals surface area contributed by atoms with E-state index in [0.29, 0.717) is 4.32 Å². The standard InChI is InChI=1S/C11H15N3OS2/c1-13(2)11(16)17-14(3)10(15)12-9-7-5-4-6-8-9/h4-8H,1-3H3,(H,12,15). The fourth-order valence-electron chi connectivity index (χ4n) is 0.964. The molecule has 1 N–H and O–H groups in total. The number of benzene rings is 1. The Hall–Kier alpha value is -1.27. The van der Waals surface area contributed by atoms with E-state index in [4.69, 9.17) is 12.2 Å². The van der Waals surface area contributed by atoms with Gasteiger partial charge in [0, 0.05) is 38.8 Å². The molecule has 0 atom stereocenters. The molecule has 1 aromatic rings. The molecule has 0 aromatic heterocycles. The summed E-state index contributed by atoms with van der Waals surface area (Å²) in [7, 11) is 5.37. The van der Waals surface area contributed by atoms with Gasteiger partial charge in [-0.25, -0.2) is 4.79 Å². The summed E-state index contributed by atoms with van der Waals surface area (Å²) in [6, 6.07) is 9.10. The number of anilines is 1. The fraction of sp³-hybridized carbons (Fsp3) is 0.273. The third-order valence-corrected chi connectivity index (χ3v) is 3.44. The quantitative estimate of drug-likeness (QED) is 0.628. The number of carbonyl (C=O) groups is 1. The number of amides is 2. The van der Waals surface area contributed by atoms with Gasteiger partial charge >= 0.3 is 6.03 Å². The van der Waals surface area contributed by atoms with Crippen LogP contribution in [0.25, 0.3) is 0 Å². The molecule has 0 heterocycles. The summed E-state index contributed by atoms with van der Waals surface area (Å²) in [6.07, 6.45) is 0. The molecule has 0 radical (unpaired) electrons. The van der Waals surface area contributed by atoms with Crippen molar-refractivity contribution in [3.63, 3.8) is 0 Å². The third kappa shape index (κ3) is 4.62. The summed E-state index contributed by atoms with van der Waals surface area (Å²) >= 11 is 6.32. The Labute approximate surface area is 111 Å². The first-order chi connectivity index (χ1) is 8.00. The van der Waals surface area contributed by atoms with E-state index < -0.39 is 0 Å². The first-order valence-corrected chi connectivity index (χ1v) is 6.18. The molecule has 0 aliphatic rings. The minimum absolute atomic E-state index is 0.203. The summed E-state index contributed by atoms with van der Waals surface area (Å²) in [4.78, 5) is 13.6. The molecule has 0 saturated carbocycles. The number of nitrogens with zero attached hydrogens (tertiary/aromatic N) is 2. The van der Waals surface area contributed by atoms with Crippen LogP contribution in [-0.4, -0.2) is 40.7 Å². The average molecular weight is 269 g/mol. The van der Waals surface area contributed by atoms with Crippen LogP contribution in [0.5, 0.6) is 0 Å². The van der Waals surface area contributed by atoms with Crippen LogP contribution in [0.3, 0.4) is 0 Å². The Balaban J connectivity index is 2.51. The topological polar surface area (TPSA) is 35.6 Å². The SMILES string of the molecule is CN(C)C(=S)SN(C)C(=O)Nc1ccccc1. The maximum absolute atomic E-state index is 11.8. The van der Waals surface area contributed by atoms with Gasteiger partial charge in [-0.15, -0.1) is 0 Å². The summed E-state index contributed by atoms with van der Waals surface area (Å²) < 4.78 is 2.10. The first-order valence-electron chi connectivity index (χ1n) is 4.99. The van der Waals surface area contributed by atoms with Crippen molar-refractivity contribution < 1.29 is 4.79 Å². The molecule has 17 heavy (non-hydrogen) atoms. The smallest absolute Gasteiger partial charge is 0.331 e. The number of hydrogen-bond acceptors (Lipinski definition) is 3. The molecule has 4 nitrogen and oxygen atoms in total. The molecule has 0 bridgehead atoms. The zero-order valence-electron chi connectivity index (χ0n) is 10.0. The molecule has 0 aliphatic carbocycles. The second-order valence-electron chi connectivity index (χ2n) is 3.55. The Kier molecular flexibility index (Phi) is 5.24. The lowest BCUT2D eigenvalue weighted by Crippen LogP contribution is -2.29. The average Bonchev–Trinajstić information content (AvgIpc) is 2.29. The van der Waals surface area contributed by atoms with Gasteiger partial charge in [0.05, 0.1) is 0 Å². The van der Waals surface area contributed by atoms with Crippen molar-refractivity contribution in [3.8, 4) is 0 Å². The molecule has 0 spiro atoms. The molecule has 0 fully saturated rings. The molecule has 6 heteroatoms. The van der Waals surface area contributed by atoms with E-state index in [1.807, 2.05) is 44.4 Å². The monoisotopic (exact) mass is 269 g/mol. The minimum atomic E-state index is -0.203. The highest BCUT2D eigenvalue weighted by atomic mass is 32.2. The van der Waals surface area contributed by atoms with Crippen molar-refractivity contribution in [3.05, 3.63) is 30.3 Å². The normalized spacial score (nSPS) is 9.59. The van der Waals surface area contributed by atoms with Crippen LogP contribution in [0.2, 0.25) is 0 Å². The van der Waals surface area contributed by atoms with E-state index in [-0.39, 0.29) is 6.03 Å². The van der Waals surface area contributed by atoms with E-state index in [0.717, 1.165) is 5.69 Å². The zero-order valence-corrected chi connectivity index (χ0v) is 11.6. The Morgan fingerprint density at radius 3 is 2.35 bits per heavy atom. The van der Waals surface area contributed by atoms with E-state index in [2.05, 4.69) is 5.32 Å². The maximum atomic E-state index is 11.8. The summed E-state index contributed by atoms with van der Waals surface area (Å²) in [5.41, 5.74) is 0.765. The van der Waals surface area contributed by atoms with Crippen molar-refractivity contribution in [2.45, 2.75) is 0 Å². The van der Waals surface area contributed by atoms with Crippen LogP contribution < -0.4 is 5.32 Å². The van der Waals surface area contributed by atoms with Gasteiger partial charge in [-0.05, 0) is 12.1 Å². The van der Waals surface area contributed by atoms with Crippen LogP contribution in [-0.2, 0) is 0 Å². The Bertz CT molecular complexity index is 395. The van der Waals surface area contributed by atoms with Gasteiger partial charge in [0.2, 0.25) is 0 Å².